The van der Waals surface area contributed by atoms with Crippen molar-refractivity contribution < 1.29 is 4.74 Å². The van der Waals surface area contributed by atoms with Crippen LogP contribution >= 0.6 is 15.9 Å². The van der Waals surface area contributed by atoms with Crippen LogP contribution in [0, 0.1) is 12.3 Å². The van der Waals surface area contributed by atoms with Gasteiger partial charge in [0.15, 0.2) is 0 Å². The maximum Gasteiger partial charge on any atom is 0.217 e. The van der Waals surface area contributed by atoms with Crippen LogP contribution in [0.5, 0.6) is 5.88 Å². The molecule has 0 bridgehead atoms. The summed E-state index contributed by atoms with van der Waals surface area (Å²) in [6, 6.07) is 14.3. The molecule has 0 unspecified atom stereocenters. The molecule has 3 rings (SSSR count). The number of anilines is 1. The fourth-order valence-electron chi connectivity index (χ4n) is 2.90. The lowest BCUT2D eigenvalue weighted by atomic mass is 9.98. The van der Waals surface area contributed by atoms with Crippen LogP contribution in [0.1, 0.15) is 16.7 Å². The molecule has 2 aromatic carbocycles. The summed E-state index contributed by atoms with van der Waals surface area (Å²) in [5, 5.41) is 11.2. The quantitative estimate of drug-likeness (QED) is 0.529. The van der Waals surface area contributed by atoms with Crippen LogP contribution in [0.15, 0.2) is 59.2 Å². The average Bonchev–Trinajstić information content (AvgIpc) is 2.66. The highest BCUT2D eigenvalue weighted by Gasteiger charge is 2.13. The predicted molar refractivity (Wildman–Crippen MR) is 112 cm³/mol. The van der Waals surface area contributed by atoms with E-state index in [9.17, 15) is 0 Å². The molecule has 0 radical (unpaired) electrons. The Morgan fingerprint density at radius 3 is 2.65 bits per heavy atom. The van der Waals surface area contributed by atoms with E-state index in [4.69, 9.17) is 10.1 Å². The van der Waals surface area contributed by atoms with E-state index >= 15 is 0 Å². The Morgan fingerprint density at radius 2 is 1.96 bits per heavy atom. The Balaban J connectivity index is 1.93. The molecule has 0 fully saturated rings. The van der Waals surface area contributed by atoms with Crippen molar-refractivity contribution in [3.8, 4) is 5.88 Å². The van der Waals surface area contributed by atoms with Crippen molar-refractivity contribution in [2.24, 2.45) is 0 Å². The number of pyridine rings is 1. The lowest BCUT2D eigenvalue weighted by Crippen LogP contribution is -2.01. The second-order valence-electron chi connectivity index (χ2n) is 5.93. The summed E-state index contributed by atoms with van der Waals surface area (Å²) in [5.41, 5.74) is 5.39. The summed E-state index contributed by atoms with van der Waals surface area (Å²) in [6.45, 7) is 2.12. The molecule has 0 amide bonds. The number of hydrogen-bond acceptors (Lipinski definition) is 4. The number of aromatic nitrogens is 1. The van der Waals surface area contributed by atoms with Crippen molar-refractivity contribution in [1.29, 1.82) is 5.41 Å². The van der Waals surface area contributed by atoms with Gasteiger partial charge >= 0.3 is 0 Å². The third-order valence-corrected chi connectivity index (χ3v) is 4.76. The third-order valence-electron chi connectivity index (χ3n) is 4.27. The van der Waals surface area contributed by atoms with E-state index in [1.165, 1.54) is 17.3 Å². The SMILES string of the molecule is COc1nc2ccc(Br)cc2c(C)c1Cc1ccc(N/C=C\C=N)cc1. The summed E-state index contributed by atoms with van der Waals surface area (Å²) < 4.78 is 6.60. The second kappa shape index (κ2) is 8.15. The predicted octanol–water partition coefficient (Wildman–Crippen LogP) is 5.48. The van der Waals surface area contributed by atoms with Crippen LogP contribution < -0.4 is 10.1 Å². The van der Waals surface area contributed by atoms with Crippen LogP contribution in [-0.4, -0.2) is 18.3 Å². The largest absolute Gasteiger partial charge is 0.481 e. The van der Waals surface area contributed by atoms with Gasteiger partial charge in [0.25, 0.3) is 0 Å². The Bertz CT molecular complexity index is 965. The van der Waals surface area contributed by atoms with E-state index in [1.54, 1.807) is 19.4 Å². The van der Waals surface area contributed by atoms with E-state index in [2.05, 4.69) is 51.4 Å². The van der Waals surface area contributed by atoms with Crippen LogP contribution in [-0.2, 0) is 6.42 Å². The molecule has 5 heteroatoms. The molecule has 3 aromatic rings. The van der Waals surface area contributed by atoms with E-state index < -0.39 is 0 Å². The zero-order valence-corrected chi connectivity index (χ0v) is 16.3. The number of fused-ring (bicyclic) bond motifs is 1. The number of nitrogens with zero attached hydrogens (tertiary/aromatic N) is 1. The first-order valence-electron chi connectivity index (χ1n) is 8.26. The molecular weight excluding hydrogens is 390 g/mol. The fourth-order valence-corrected chi connectivity index (χ4v) is 3.26. The topological polar surface area (TPSA) is 58.0 Å². The number of ether oxygens (including phenoxy) is 1. The van der Waals surface area contributed by atoms with Gasteiger partial charge in [0.05, 0.1) is 12.6 Å². The van der Waals surface area contributed by atoms with Crippen molar-refractivity contribution >= 4 is 38.7 Å². The normalized spacial score (nSPS) is 11.0. The Labute approximate surface area is 161 Å². The number of nitrogens with one attached hydrogen (secondary N) is 2. The van der Waals surface area contributed by atoms with Crippen molar-refractivity contribution in [1.82, 2.24) is 4.98 Å². The molecule has 26 heavy (non-hydrogen) atoms. The van der Waals surface area contributed by atoms with Gasteiger partial charge in [-0.05, 0) is 54.5 Å². The minimum Gasteiger partial charge on any atom is -0.481 e. The van der Waals surface area contributed by atoms with Gasteiger partial charge in [0.1, 0.15) is 0 Å². The third kappa shape index (κ3) is 3.94. The van der Waals surface area contributed by atoms with Gasteiger partial charge < -0.3 is 15.5 Å². The highest BCUT2D eigenvalue weighted by Crippen LogP contribution is 2.31. The molecule has 4 nitrogen and oxygen atoms in total. The zero-order chi connectivity index (χ0) is 18.5. The number of allylic oxidation sites excluding steroid dienone is 1. The highest BCUT2D eigenvalue weighted by molar-refractivity contribution is 9.10. The van der Waals surface area contributed by atoms with Crippen molar-refractivity contribution in [2.45, 2.75) is 13.3 Å². The van der Waals surface area contributed by atoms with Crippen molar-refractivity contribution in [2.75, 3.05) is 12.4 Å². The number of halogens is 1. The Kier molecular flexibility index (Phi) is 5.68. The lowest BCUT2D eigenvalue weighted by Gasteiger charge is -2.14. The smallest absolute Gasteiger partial charge is 0.217 e. The van der Waals surface area contributed by atoms with Gasteiger partial charge in [0, 0.05) is 39.9 Å². The van der Waals surface area contributed by atoms with Gasteiger partial charge in [0.2, 0.25) is 5.88 Å². The molecule has 1 heterocycles. The van der Waals surface area contributed by atoms with E-state index in [0.29, 0.717) is 5.88 Å². The molecule has 0 spiro atoms. The van der Waals surface area contributed by atoms with Crippen LogP contribution in [0.3, 0.4) is 0 Å². The minimum absolute atomic E-state index is 0.674. The molecule has 132 valence electrons. The molecule has 0 aliphatic heterocycles. The molecular formula is C21H20BrN3O. The summed E-state index contributed by atoms with van der Waals surface area (Å²) in [4.78, 5) is 4.67. The molecule has 1 aromatic heterocycles. The van der Waals surface area contributed by atoms with Gasteiger partial charge in [-0.2, -0.15) is 0 Å². The van der Waals surface area contributed by atoms with Gasteiger partial charge in [-0.15, -0.1) is 0 Å². The number of benzene rings is 2. The molecule has 0 aliphatic rings. The van der Waals surface area contributed by atoms with Gasteiger partial charge in [-0.25, -0.2) is 4.98 Å². The Hall–Kier alpha value is -2.66. The van der Waals surface area contributed by atoms with Crippen molar-refractivity contribution in [3.63, 3.8) is 0 Å². The summed E-state index contributed by atoms with van der Waals surface area (Å²) in [5.74, 6) is 0.674. The highest BCUT2D eigenvalue weighted by atomic mass is 79.9. The van der Waals surface area contributed by atoms with E-state index in [0.717, 1.165) is 33.0 Å². The second-order valence-corrected chi connectivity index (χ2v) is 6.85. The van der Waals surface area contributed by atoms with Crippen LogP contribution in [0.25, 0.3) is 10.9 Å². The summed E-state index contributed by atoms with van der Waals surface area (Å²) in [6.07, 6.45) is 5.36. The summed E-state index contributed by atoms with van der Waals surface area (Å²) >= 11 is 3.54. The number of rotatable bonds is 6. The molecule has 0 atom stereocenters. The van der Waals surface area contributed by atoms with Gasteiger partial charge in [-0.1, -0.05) is 28.1 Å². The first kappa shape index (κ1) is 18.1. The Morgan fingerprint density at radius 1 is 1.19 bits per heavy atom. The number of hydrogen-bond donors (Lipinski definition) is 2. The molecule has 0 aliphatic carbocycles. The average molecular weight is 410 g/mol. The van der Waals surface area contributed by atoms with E-state index in [1.807, 2.05) is 24.3 Å². The monoisotopic (exact) mass is 409 g/mol. The maximum absolute atomic E-state index is 6.98. The first-order chi connectivity index (χ1) is 12.6. The lowest BCUT2D eigenvalue weighted by molar-refractivity contribution is 0.394. The van der Waals surface area contributed by atoms with E-state index in [-0.39, 0.29) is 0 Å². The fraction of sp³-hybridized carbons (Fsp3) is 0.143. The van der Waals surface area contributed by atoms with Crippen LogP contribution in [0.2, 0.25) is 0 Å². The first-order valence-corrected chi connectivity index (χ1v) is 9.05. The molecule has 2 N–H and O–H groups in total. The zero-order valence-electron chi connectivity index (χ0n) is 14.7. The standard InChI is InChI=1S/C21H20BrN3O/c1-14-18-13-16(22)6-9-20(18)25-21(26-2)19(14)12-15-4-7-17(8-5-15)24-11-3-10-23/h3-11,13,23-24H,12H2,1-2H3/b11-3-,23-10?. The molecule has 0 saturated heterocycles. The summed E-state index contributed by atoms with van der Waals surface area (Å²) in [7, 11) is 1.67. The molecule has 0 saturated carbocycles. The van der Waals surface area contributed by atoms with Gasteiger partial charge in [-0.3, -0.25) is 0 Å². The maximum atomic E-state index is 6.98. The van der Waals surface area contributed by atoms with Crippen LogP contribution in [0.4, 0.5) is 5.69 Å². The number of aryl methyl sites for hydroxylation is 1. The number of methoxy groups -OCH3 is 1. The minimum atomic E-state index is 0.674. The van der Waals surface area contributed by atoms with Crippen molar-refractivity contribution in [3.05, 3.63) is 75.9 Å².